The molecule has 1 aromatic heterocycles. The van der Waals surface area contributed by atoms with Crippen molar-refractivity contribution in [3.05, 3.63) is 71.3 Å². The third-order valence-electron chi connectivity index (χ3n) is 3.99. The summed E-state index contributed by atoms with van der Waals surface area (Å²) in [4.78, 5) is 27.6. The number of nitrogens with one attached hydrogen (secondary N) is 2. The van der Waals surface area contributed by atoms with Gasteiger partial charge in [-0.1, -0.05) is 11.6 Å². The van der Waals surface area contributed by atoms with Crippen LogP contribution in [0.15, 0.2) is 54.7 Å². The van der Waals surface area contributed by atoms with Crippen molar-refractivity contribution < 1.29 is 23.5 Å². The molecule has 2 amide bonds. The molecule has 0 fully saturated rings. The minimum absolute atomic E-state index is 0.0267. The fourth-order valence-corrected chi connectivity index (χ4v) is 2.79. The van der Waals surface area contributed by atoms with Crippen LogP contribution in [-0.2, 0) is 11.2 Å². The van der Waals surface area contributed by atoms with Gasteiger partial charge in [0.15, 0.2) is 11.5 Å². The Bertz CT molecular complexity index is 1110. The average Bonchev–Trinajstić information content (AvgIpc) is 3.07. The molecule has 146 valence electrons. The molecule has 0 radical (unpaired) electrons. The average molecular weight is 414 g/mol. The number of fused-ring (bicyclic) bond motifs is 1. The lowest BCUT2D eigenvalue weighted by Gasteiger charge is -2.10. The van der Waals surface area contributed by atoms with Crippen molar-refractivity contribution in [1.29, 1.82) is 0 Å². The van der Waals surface area contributed by atoms with Crippen LogP contribution in [0, 0.1) is 5.82 Å². The van der Waals surface area contributed by atoms with Crippen molar-refractivity contribution in [3.63, 3.8) is 0 Å². The van der Waals surface area contributed by atoms with Gasteiger partial charge in [0.1, 0.15) is 11.6 Å². The predicted molar refractivity (Wildman–Crippen MR) is 104 cm³/mol. The fraction of sp³-hybridized carbons (Fsp3) is 0.0500. The summed E-state index contributed by atoms with van der Waals surface area (Å²) in [5, 5.41) is 5.11. The Morgan fingerprint density at radius 3 is 2.59 bits per heavy atom. The number of hydrogen-bond acceptors (Lipinski definition) is 5. The molecule has 29 heavy (non-hydrogen) atoms. The van der Waals surface area contributed by atoms with E-state index in [1.54, 1.807) is 30.3 Å². The van der Waals surface area contributed by atoms with E-state index in [1.807, 2.05) is 0 Å². The molecule has 2 aromatic carbocycles. The zero-order chi connectivity index (χ0) is 20.4. The van der Waals surface area contributed by atoms with Crippen LogP contribution < -0.4 is 20.1 Å². The molecule has 1 aliphatic rings. The molecule has 1 aliphatic heterocycles. The number of carbonyl (C=O) groups excluding carboxylic acids is 2. The number of aromatic nitrogens is 1. The number of nitrogens with zero attached hydrogens (tertiary/aromatic N) is 1. The smallest absolute Gasteiger partial charge is 0.323 e. The molecule has 0 saturated heterocycles. The molecule has 0 atom stereocenters. The predicted octanol–water partition coefficient (Wildman–Crippen LogP) is 4.77. The third kappa shape index (κ3) is 4.27. The fourth-order valence-electron chi connectivity index (χ4n) is 2.67. The summed E-state index contributed by atoms with van der Waals surface area (Å²) >= 11 is 5.61. The van der Waals surface area contributed by atoms with E-state index in [4.69, 9.17) is 21.1 Å². The standard InChI is InChI=1S/C20H13ClFN3O4/c21-14-6-3-12(9-15(14)22)25-20(27)24-11-1-4-13(5-2-11)28-17-7-8-23-16-10-18(26)29-19(16)17/h1-9H,10H2,(H2,24,25,27). The first-order valence-electron chi connectivity index (χ1n) is 8.47. The van der Waals surface area contributed by atoms with Gasteiger partial charge >= 0.3 is 12.0 Å². The van der Waals surface area contributed by atoms with E-state index >= 15 is 0 Å². The van der Waals surface area contributed by atoms with Crippen molar-refractivity contribution in [1.82, 2.24) is 4.98 Å². The zero-order valence-electron chi connectivity index (χ0n) is 14.7. The highest BCUT2D eigenvalue weighted by Crippen LogP contribution is 2.37. The number of esters is 1. The number of carbonyl (C=O) groups is 2. The summed E-state index contributed by atoms with van der Waals surface area (Å²) in [5.74, 6) is 0.166. The van der Waals surface area contributed by atoms with Gasteiger partial charge in [-0.05, 0) is 42.5 Å². The van der Waals surface area contributed by atoms with Crippen molar-refractivity contribution in [3.8, 4) is 17.2 Å². The lowest BCUT2D eigenvalue weighted by Crippen LogP contribution is -2.19. The molecule has 3 aromatic rings. The minimum Gasteiger partial charge on any atom is -0.453 e. The van der Waals surface area contributed by atoms with Crippen LogP contribution in [0.2, 0.25) is 5.02 Å². The molecule has 0 saturated carbocycles. The van der Waals surface area contributed by atoms with Crippen molar-refractivity contribution in [2.75, 3.05) is 10.6 Å². The van der Waals surface area contributed by atoms with E-state index in [9.17, 15) is 14.0 Å². The van der Waals surface area contributed by atoms with E-state index in [2.05, 4.69) is 15.6 Å². The topological polar surface area (TPSA) is 89.6 Å². The lowest BCUT2D eigenvalue weighted by atomic mass is 10.2. The molecule has 0 unspecified atom stereocenters. The van der Waals surface area contributed by atoms with Crippen LogP contribution in [0.5, 0.6) is 17.2 Å². The lowest BCUT2D eigenvalue weighted by molar-refractivity contribution is -0.131. The Hall–Kier alpha value is -3.65. The van der Waals surface area contributed by atoms with Gasteiger partial charge in [-0.2, -0.15) is 0 Å². The number of hydrogen-bond donors (Lipinski definition) is 2. The molecule has 7 nitrogen and oxygen atoms in total. The summed E-state index contributed by atoms with van der Waals surface area (Å²) in [6, 6.07) is 11.6. The molecule has 9 heteroatoms. The monoisotopic (exact) mass is 413 g/mol. The number of ether oxygens (including phenoxy) is 2. The second-order valence-corrected chi connectivity index (χ2v) is 6.48. The van der Waals surface area contributed by atoms with Gasteiger partial charge in [-0.25, -0.2) is 9.18 Å². The van der Waals surface area contributed by atoms with Gasteiger partial charge in [-0.15, -0.1) is 0 Å². The molecule has 0 spiro atoms. The summed E-state index contributed by atoms with van der Waals surface area (Å²) in [5.41, 5.74) is 1.29. The summed E-state index contributed by atoms with van der Waals surface area (Å²) in [6.45, 7) is 0. The van der Waals surface area contributed by atoms with Crippen LogP contribution in [0.4, 0.5) is 20.6 Å². The van der Waals surface area contributed by atoms with Crippen LogP contribution in [0.1, 0.15) is 5.69 Å². The summed E-state index contributed by atoms with van der Waals surface area (Å²) < 4.78 is 24.3. The summed E-state index contributed by atoms with van der Waals surface area (Å²) in [6.07, 6.45) is 1.65. The zero-order valence-corrected chi connectivity index (χ0v) is 15.5. The Kier molecular flexibility index (Phi) is 5.01. The van der Waals surface area contributed by atoms with E-state index in [-0.39, 0.29) is 23.1 Å². The largest absolute Gasteiger partial charge is 0.453 e. The number of urea groups is 1. The second kappa shape index (κ2) is 7.76. The number of anilines is 2. The molecular weight excluding hydrogens is 401 g/mol. The van der Waals surface area contributed by atoms with Crippen molar-refractivity contribution in [2.24, 2.45) is 0 Å². The van der Waals surface area contributed by atoms with E-state index < -0.39 is 11.8 Å². The van der Waals surface area contributed by atoms with Crippen LogP contribution in [0.25, 0.3) is 0 Å². The number of amides is 2. The van der Waals surface area contributed by atoms with Gasteiger partial charge in [0, 0.05) is 23.6 Å². The Balaban J connectivity index is 1.39. The first-order chi connectivity index (χ1) is 14.0. The maximum atomic E-state index is 13.4. The quantitative estimate of drug-likeness (QED) is 0.601. The Morgan fingerprint density at radius 1 is 1.10 bits per heavy atom. The van der Waals surface area contributed by atoms with E-state index in [0.717, 1.165) is 6.07 Å². The molecular formula is C20H13ClFN3O4. The highest BCUT2D eigenvalue weighted by Gasteiger charge is 2.25. The molecule has 4 rings (SSSR count). The second-order valence-electron chi connectivity index (χ2n) is 6.07. The molecule has 2 heterocycles. The maximum absolute atomic E-state index is 13.4. The number of benzene rings is 2. The molecule has 0 aliphatic carbocycles. The Morgan fingerprint density at radius 2 is 1.83 bits per heavy atom. The summed E-state index contributed by atoms with van der Waals surface area (Å²) in [7, 11) is 0. The first kappa shape index (κ1) is 18.7. The normalized spacial score (nSPS) is 12.1. The number of pyridine rings is 1. The maximum Gasteiger partial charge on any atom is 0.323 e. The van der Waals surface area contributed by atoms with E-state index in [1.165, 1.54) is 18.3 Å². The first-order valence-corrected chi connectivity index (χ1v) is 8.85. The van der Waals surface area contributed by atoms with Crippen molar-refractivity contribution in [2.45, 2.75) is 6.42 Å². The SMILES string of the molecule is O=C(Nc1ccc(Oc2ccnc3c2OC(=O)C3)cc1)Nc1ccc(Cl)c(F)c1. The minimum atomic E-state index is -0.626. The van der Waals surface area contributed by atoms with Crippen LogP contribution in [0.3, 0.4) is 0 Å². The van der Waals surface area contributed by atoms with Gasteiger partial charge in [0.25, 0.3) is 0 Å². The van der Waals surface area contributed by atoms with Gasteiger partial charge in [-0.3, -0.25) is 9.78 Å². The van der Waals surface area contributed by atoms with Crippen LogP contribution in [-0.4, -0.2) is 17.0 Å². The van der Waals surface area contributed by atoms with Crippen LogP contribution >= 0.6 is 11.6 Å². The van der Waals surface area contributed by atoms with Gasteiger partial charge in [0.05, 0.1) is 17.1 Å². The van der Waals surface area contributed by atoms with Gasteiger partial charge in [0.2, 0.25) is 0 Å². The Labute approximate surface area is 169 Å². The molecule has 0 bridgehead atoms. The highest BCUT2D eigenvalue weighted by atomic mass is 35.5. The van der Waals surface area contributed by atoms with Gasteiger partial charge < -0.3 is 20.1 Å². The molecule has 2 N–H and O–H groups in total. The highest BCUT2D eigenvalue weighted by molar-refractivity contribution is 6.30. The number of rotatable bonds is 4. The van der Waals surface area contributed by atoms with E-state index in [0.29, 0.717) is 28.6 Å². The number of halogens is 2. The third-order valence-corrected chi connectivity index (χ3v) is 4.29. The van der Waals surface area contributed by atoms with Crippen molar-refractivity contribution >= 4 is 35.0 Å².